The quantitative estimate of drug-likeness (QED) is 0.794. The SMILES string of the molecule is CCNC(=O)C(C)Sc1nnnn1-c1ccc(OC(F)(F)F)cc1. The van der Waals surface area contributed by atoms with Crippen molar-refractivity contribution < 1.29 is 22.7 Å². The number of benzene rings is 1. The van der Waals surface area contributed by atoms with E-state index in [4.69, 9.17) is 0 Å². The van der Waals surface area contributed by atoms with Crippen molar-refractivity contribution in [2.24, 2.45) is 0 Å². The Bertz CT molecular complexity index is 690. The molecule has 0 aliphatic heterocycles. The van der Waals surface area contributed by atoms with E-state index in [0.717, 1.165) is 23.9 Å². The van der Waals surface area contributed by atoms with Crippen LogP contribution in [0.25, 0.3) is 5.69 Å². The zero-order valence-electron chi connectivity index (χ0n) is 12.7. The van der Waals surface area contributed by atoms with Crippen LogP contribution in [0.15, 0.2) is 29.4 Å². The summed E-state index contributed by atoms with van der Waals surface area (Å²) >= 11 is 1.14. The van der Waals surface area contributed by atoms with Gasteiger partial charge in [-0.25, -0.2) is 0 Å². The zero-order valence-corrected chi connectivity index (χ0v) is 13.6. The average molecular weight is 361 g/mol. The van der Waals surface area contributed by atoms with E-state index in [2.05, 4.69) is 25.6 Å². The second kappa shape index (κ2) is 7.51. The first-order chi connectivity index (χ1) is 11.3. The van der Waals surface area contributed by atoms with Gasteiger partial charge in [-0.2, -0.15) is 4.68 Å². The fourth-order valence-corrected chi connectivity index (χ4v) is 2.57. The molecule has 1 unspecified atom stereocenters. The molecule has 0 aliphatic carbocycles. The Morgan fingerprint density at radius 3 is 2.62 bits per heavy atom. The van der Waals surface area contributed by atoms with Crippen molar-refractivity contribution in [3.8, 4) is 11.4 Å². The van der Waals surface area contributed by atoms with Crippen molar-refractivity contribution in [3.05, 3.63) is 24.3 Å². The van der Waals surface area contributed by atoms with Gasteiger partial charge in [0.2, 0.25) is 11.1 Å². The molecule has 2 aromatic rings. The van der Waals surface area contributed by atoms with Crippen LogP contribution in [-0.4, -0.2) is 44.3 Å². The highest BCUT2D eigenvalue weighted by Crippen LogP contribution is 2.26. The third kappa shape index (κ3) is 4.85. The Kier molecular flexibility index (Phi) is 5.65. The highest BCUT2D eigenvalue weighted by Gasteiger charge is 2.31. The molecule has 1 aromatic heterocycles. The van der Waals surface area contributed by atoms with Gasteiger partial charge in [0.25, 0.3) is 0 Å². The van der Waals surface area contributed by atoms with Gasteiger partial charge < -0.3 is 10.1 Å². The maximum atomic E-state index is 12.2. The summed E-state index contributed by atoms with van der Waals surface area (Å²) in [5.74, 6) is -0.504. The topological polar surface area (TPSA) is 81.9 Å². The maximum Gasteiger partial charge on any atom is 0.573 e. The number of ether oxygens (including phenoxy) is 1. The molecule has 0 saturated heterocycles. The lowest BCUT2D eigenvalue weighted by Gasteiger charge is -2.11. The summed E-state index contributed by atoms with van der Waals surface area (Å²) in [7, 11) is 0. The summed E-state index contributed by atoms with van der Waals surface area (Å²) in [5.41, 5.74) is 0.445. The van der Waals surface area contributed by atoms with E-state index in [9.17, 15) is 18.0 Å². The summed E-state index contributed by atoms with van der Waals surface area (Å²) in [5, 5.41) is 13.8. The Hall–Kier alpha value is -2.30. The highest BCUT2D eigenvalue weighted by atomic mass is 32.2. The van der Waals surface area contributed by atoms with Crippen LogP contribution in [0.3, 0.4) is 0 Å². The van der Waals surface area contributed by atoms with E-state index in [-0.39, 0.29) is 11.7 Å². The first-order valence-electron chi connectivity index (χ1n) is 6.89. The van der Waals surface area contributed by atoms with Crippen molar-refractivity contribution in [1.29, 1.82) is 0 Å². The lowest BCUT2D eigenvalue weighted by atomic mass is 10.3. The smallest absolute Gasteiger partial charge is 0.406 e. The molecule has 2 rings (SSSR count). The molecule has 7 nitrogen and oxygen atoms in total. The van der Waals surface area contributed by atoms with E-state index in [1.54, 1.807) is 6.92 Å². The number of amides is 1. The van der Waals surface area contributed by atoms with Gasteiger partial charge in [-0.3, -0.25) is 4.79 Å². The van der Waals surface area contributed by atoms with Crippen LogP contribution in [0.1, 0.15) is 13.8 Å². The van der Waals surface area contributed by atoms with E-state index in [0.29, 0.717) is 17.4 Å². The molecule has 0 bridgehead atoms. The number of thioether (sulfide) groups is 1. The fraction of sp³-hybridized carbons (Fsp3) is 0.385. The van der Waals surface area contributed by atoms with Crippen LogP contribution in [-0.2, 0) is 4.79 Å². The molecule has 1 aromatic carbocycles. The largest absolute Gasteiger partial charge is 0.573 e. The first kappa shape index (κ1) is 18.0. The van der Waals surface area contributed by atoms with Crippen molar-refractivity contribution in [2.75, 3.05) is 6.54 Å². The molecule has 0 aliphatic rings. The van der Waals surface area contributed by atoms with Crippen molar-refractivity contribution in [1.82, 2.24) is 25.5 Å². The molecular formula is C13H14F3N5O2S. The fourth-order valence-electron chi connectivity index (χ4n) is 1.73. The van der Waals surface area contributed by atoms with Gasteiger partial charge in [0.05, 0.1) is 10.9 Å². The standard InChI is InChI=1S/C13H14F3N5O2S/c1-3-17-11(22)8(2)24-12-18-19-20-21(12)9-4-6-10(7-5-9)23-13(14,15)16/h4-8H,3H2,1-2H3,(H,17,22). The van der Waals surface area contributed by atoms with Gasteiger partial charge in [0.15, 0.2) is 0 Å². The first-order valence-corrected chi connectivity index (χ1v) is 7.77. The summed E-state index contributed by atoms with van der Waals surface area (Å²) < 4.78 is 41.6. The molecule has 1 N–H and O–H groups in total. The number of rotatable bonds is 6. The lowest BCUT2D eigenvalue weighted by Crippen LogP contribution is -2.30. The number of aromatic nitrogens is 4. The van der Waals surface area contributed by atoms with Crippen LogP contribution < -0.4 is 10.1 Å². The van der Waals surface area contributed by atoms with Gasteiger partial charge in [-0.15, -0.1) is 18.3 Å². The van der Waals surface area contributed by atoms with Crippen LogP contribution >= 0.6 is 11.8 Å². The number of nitrogens with zero attached hydrogens (tertiary/aromatic N) is 4. The second-order valence-electron chi connectivity index (χ2n) is 4.57. The monoisotopic (exact) mass is 361 g/mol. The number of hydrogen-bond donors (Lipinski definition) is 1. The molecule has 0 saturated carbocycles. The number of tetrazole rings is 1. The number of carbonyl (C=O) groups excluding carboxylic acids is 1. The summed E-state index contributed by atoms with van der Waals surface area (Å²) in [6, 6.07) is 5.09. The molecule has 0 fully saturated rings. The molecule has 0 radical (unpaired) electrons. The Morgan fingerprint density at radius 1 is 1.38 bits per heavy atom. The molecule has 24 heavy (non-hydrogen) atoms. The number of alkyl halides is 3. The van der Waals surface area contributed by atoms with E-state index in [1.807, 2.05) is 6.92 Å². The van der Waals surface area contributed by atoms with Gasteiger partial charge >= 0.3 is 6.36 Å². The normalized spacial score (nSPS) is 12.7. The van der Waals surface area contributed by atoms with Gasteiger partial charge in [0.1, 0.15) is 5.75 Å². The molecular weight excluding hydrogens is 347 g/mol. The third-order valence-corrected chi connectivity index (χ3v) is 3.79. The van der Waals surface area contributed by atoms with Crippen LogP contribution in [0.4, 0.5) is 13.2 Å². The second-order valence-corrected chi connectivity index (χ2v) is 5.88. The summed E-state index contributed by atoms with van der Waals surface area (Å²) in [4.78, 5) is 11.8. The van der Waals surface area contributed by atoms with Crippen LogP contribution in [0, 0.1) is 0 Å². The molecule has 1 heterocycles. The minimum Gasteiger partial charge on any atom is -0.406 e. The number of carbonyl (C=O) groups is 1. The van der Waals surface area contributed by atoms with Crippen molar-refractivity contribution in [3.63, 3.8) is 0 Å². The Morgan fingerprint density at radius 2 is 2.04 bits per heavy atom. The van der Waals surface area contributed by atoms with Crippen LogP contribution in [0.5, 0.6) is 5.75 Å². The predicted molar refractivity (Wildman–Crippen MR) is 79.8 cm³/mol. The van der Waals surface area contributed by atoms with Crippen molar-refractivity contribution in [2.45, 2.75) is 30.6 Å². The third-order valence-electron chi connectivity index (χ3n) is 2.76. The van der Waals surface area contributed by atoms with E-state index >= 15 is 0 Å². The Labute approximate surface area is 139 Å². The molecule has 1 amide bonds. The van der Waals surface area contributed by atoms with Crippen LogP contribution in [0.2, 0.25) is 0 Å². The molecule has 130 valence electrons. The maximum absolute atomic E-state index is 12.2. The molecule has 0 spiro atoms. The number of halogens is 3. The minimum absolute atomic E-state index is 0.161. The Balaban J connectivity index is 2.13. The van der Waals surface area contributed by atoms with E-state index in [1.165, 1.54) is 16.8 Å². The molecule has 1 atom stereocenters. The van der Waals surface area contributed by atoms with E-state index < -0.39 is 11.6 Å². The lowest BCUT2D eigenvalue weighted by molar-refractivity contribution is -0.274. The summed E-state index contributed by atoms with van der Waals surface area (Å²) in [6.45, 7) is 4.02. The zero-order chi connectivity index (χ0) is 17.7. The predicted octanol–water partition coefficient (Wildman–Crippen LogP) is 2.18. The number of nitrogens with one attached hydrogen (secondary N) is 1. The van der Waals surface area contributed by atoms with Gasteiger partial charge in [0, 0.05) is 6.54 Å². The van der Waals surface area contributed by atoms with Gasteiger partial charge in [-0.05, 0) is 48.5 Å². The average Bonchev–Trinajstić information content (AvgIpc) is 2.94. The van der Waals surface area contributed by atoms with Crippen molar-refractivity contribution >= 4 is 17.7 Å². The van der Waals surface area contributed by atoms with Gasteiger partial charge in [-0.1, -0.05) is 11.8 Å². The molecule has 11 heteroatoms. The summed E-state index contributed by atoms with van der Waals surface area (Å²) in [6.07, 6.45) is -4.75. The minimum atomic E-state index is -4.75. The highest BCUT2D eigenvalue weighted by molar-refractivity contribution is 8.00. The number of hydrogen-bond acceptors (Lipinski definition) is 6.